The minimum Gasteiger partial charge on any atom is -0.492 e. The number of rotatable bonds is 4. The average molecular weight is 320 g/mol. The second-order valence-electron chi connectivity index (χ2n) is 3.28. The molecule has 0 bridgehead atoms. The van der Waals surface area contributed by atoms with E-state index in [0.717, 1.165) is 9.86 Å². The fourth-order valence-corrected chi connectivity index (χ4v) is 1.97. The maximum atomic E-state index is 10.7. The van der Waals surface area contributed by atoms with Gasteiger partial charge < -0.3 is 9.47 Å². The van der Waals surface area contributed by atoms with Crippen LogP contribution in [0.2, 0.25) is 0 Å². The van der Waals surface area contributed by atoms with Gasteiger partial charge >= 0.3 is 0 Å². The number of aldehydes is 1. The van der Waals surface area contributed by atoms with Crippen molar-refractivity contribution in [2.75, 3.05) is 7.11 Å². The first kappa shape index (κ1) is 12.3. The Morgan fingerprint density at radius 1 is 1.40 bits per heavy atom. The Balaban J connectivity index is 3.18. The van der Waals surface area contributed by atoms with E-state index in [0.29, 0.717) is 17.1 Å². The van der Waals surface area contributed by atoms with Crippen LogP contribution in [0.25, 0.3) is 0 Å². The highest BCUT2D eigenvalue weighted by Crippen LogP contribution is 2.34. The van der Waals surface area contributed by atoms with E-state index in [1.165, 1.54) is 0 Å². The van der Waals surface area contributed by atoms with Crippen molar-refractivity contribution in [1.29, 1.82) is 0 Å². The SMILES string of the molecule is COc1c(OC(C)C)ccc(C=O)c1I. The Hall–Kier alpha value is -0.780. The van der Waals surface area contributed by atoms with Crippen LogP contribution in [0.4, 0.5) is 0 Å². The molecule has 0 aliphatic carbocycles. The lowest BCUT2D eigenvalue weighted by Gasteiger charge is -2.15. The molecular weight excluding hydrogens is 307 g/mol. The highest BCUT2D eigenvalue weighted by atomic mass is 127. The molecule has 15 heavy (non-hydrogen) atoms. The van der Waals surface area contributed by atoms with Gasteiger partial charge in [-0.15, -0.1) is 0 Å². The summed E-state index contributed by atoms with van der Waals surface area (Å²) in [5.41, 5.74) is 0.614. The summed E-state index contributed by atoms with van der Waals surface area (Å²) < 4.78 is 11.6. The number of carbonyl (C=O) groups is 1. The molecule has 0 unspecified atom stereocenters. The first-order valence-electron chi connectivity index (χ1n) is 4.58. The third-order valence-corrected chi connectivity index (χ3v) is 2.90. The molecule has 82 valence electrons. The lowest BCUT2D eigenvalue weighted by atomic mass is 10.2. The molecule has 0 amide bonds. The average Bonchev–Trinajstić information content (AvgIpc) is 2.18. The first-order chi connectivity index (χ1) is 7.10. The molecule has 0 aliphatic heterocycles. The monoisotopic (exact) mass is 320 g/mol. The lowest BCUT2D eigenvalue weighted by Crippen LogP contribution is -2.07. The highest BCUT2D eigenvalue weighted by molar-refractivity contribution is 14.1. The van der Waals surface area contributed by atoms with Crippen LogP contribution in [0.5, 0.6) is 11.5 Å². The lowest BCUT2D eigenvalue weighted by molar-refractivity contribution is 0.112. The van der Waals surface area contributed by atoms with Crippen LogP contribution in [0, 0.1) is 3.57 Å². The van der Waals surface area contributed by atoms with Crippen LogP contribution in [0.3, 0.4) is 0 Å². The quantitative estimate of drug-likeness (QED) is 0.632. The second-order valence-corrected chi connectivity index (χ2v) is 4.36. The molecule has 1 aromatic rings. The van der Waals surface area contributed by atoms with Gasteiger partial charge in [-0.05, 0) is 48.6 Å². The van der Waals surface area contributed by atoms with Crippen molar-refractivity contribution in [3.8, 4) is 11.5 Å². The minimum atomic E-state index is 0.0804. The van der Waals surface area contributed by atoms with Crippen molar-refractivity contribution < 1.29 is 14.3 Å². The number of halogens is 1. The number of carbonyl (C=O) groups excluding carboxylic acids is 1. The number of ether oxygens (including phenoxy) is 2. The van der Waals surface area contributed by atoms with Gasteiger partial charge in [-0.25, -0.2) is 0 Å². The van der Waals surface area contributed by atoms with E-state index < -0.39 is 0 Å². The van der Waals surface area contributed by atoms with Gasteiger partial charge in [0.05, 0.1) is 16.8 Å². The van der Waals surface area contributed by atoms with Crippen molar-refractivity contribution in [3.05, 3.63) is 21.3 Å². The molecular formula is C11H13IO3. The van der Waals surface area contributed by atoms with E-state index in [2.05, 4.69) is 22.6 Å². The maximum Gasteiger partial charge on any atom is 0.174 e. The molecule has 0 aliphatic rings. The fraction of sp³-hybridized carbons (Fsp3) is 0.364. The van der Waals surface area contributed by atoms with E-state index in [-0.39, 0.29) is 6.10 Å². The molecule has 0 heterocycles. The van der Waals surface area contributed by atoms with Gasteiger partial charge in [0.2, 0.25) is 0 Å². The molecule has 1 aromatic carbocycles. The molecule has 0 radical (unpaired) electrons. The molecule has 0 fully saturated rings. The van der Waals surface area contributed by atoms with Gasteiger partial charge in [0.25, 0.3) is 0 Å². The molecule has 4 heteroatoms. The van der Waals surface area contributed by atoms with Crippen molar-refractivity contribution in [1.82, 2.24) is 0 Å². The van der Waals surface area contributed by atoms with Crippen molar-refractivity contribution in [2.45, 2.75) is 20.0 Å². The van der Waals surface area contributed by atoms with E-state index >= 15 is 0 Å². The van der Waals surface area contributed by atoms with Crippen molar-refractivity contribution >= 4 is 28.9 Å². The van der Waals surface area contributed by atoms with Crippen LogP contribution in [-0.2, 0) is 0 Å². The third-order valence-electron chi connectivity index (χ3n) is 1.78. The van der Waals surface area contributed by atoms with Gasteiger partial charge in [-0.3, -0.25) is 4.79 Å². The number of hydrogen-bond acceptors (Lipinski definition) is 3. The Bertz CT molecular complexity index is 361. The maximum absolute atomic E-state index is 10.7. The van der Waals surface area contributed by atoms with E-state index in [4.69, 9.17) is 9.47 Å². The highest BCUT2D eigenvalue weighted by Gasteiger charge is 2.13. The zero-order chi connectivity index (χ0) is 11.4. The first-order valence-corrected chi connectivity index (χ1v) is 5.66. The predicted octanol–water partition coefficient (Wildman–Crippen LogP) is 2.90. The molecule has 0 spiro atoms. The van der Waals surface area contributed by atoms with E-state index in [9.17, 15) is 4.79 Å². The summed E-state index contributed by atoms with van der Waals surface area (Å²) in [6.45, 7) is 3.89. The van der Waals surface area contributed by atoms with Crippen molar-refractivity contribution in [2.24, 2.45) is 0 Å². The van der Waals surface area contributed by atoms with Gasteiger partial charge in [-0.1, -0.05) is 0 Å². The smallest absolute Gasteiger partial charge is 0.174 e. The zero-order valence-electron chi connectivity index (χ0n) is 8.91. The summed E-state index contributed by atoms with van der Waals surface area (Å²) in [5.74, 6) is 1.29. The molecule has 1 rings (SSSR count). The van der Waals surface area contributed by atoms with Gasteiger partial charge in [-0.2, -0.15) is 0 Å². The number of hydrogen-bond donors (Lipinski definition) is 0. The minimum absolute atomic E-state index is 0.0804. The molecule has 0 atom stereocenters. The summed E-state index contributed by atoms with van der Waals surface area (Å²) in [6, 6.07) is 3.49. The summed E-state index contributed by atoms with van der Waals surface area (Å²) >= 11 is 2.08. The third kappa shape index (κ3) is 2.84. The second kappa shape index (κ2) is 5.34. The normalized spacial score (nSPS) is 10.2. The molecule has 0 aromatic heterocycles. The van der Waals surface area contributed by atoms with Crippen LogP contribution in [0.15, 0.2) is 12.1 Å². The zero-order valence-corrected chi connectivity index (χ0v) is 11.1. The molecule has 3 nitrogen and oxygen atoms in total. The molecule has 0 saturated heterocycles. The Morgan fingerprint density at radius 3 is 2.53 bits per heavy atom. The predicted molar refractivity (Wildman–Crippen MR) is 66.9 cm³/mol. The Labute approximate surface area is 103 Å². The summed E-state index contributed by atoms with van der Waals surface area (Å²) in [6.07, 6.45) is 0.889. The topological polar surface area (TPSA) is 35.5 Å². The standard InChI is InChI=1S/C11H13IO3/c1-7(2)15-9-5-4-8(6-13)10(12)11(9)14-3/h4-7H,1-3H3. The van der Waals surface area contributed by atoms with Gasteiger partial charge in [0.1, 0.15) is 0 Å². The number of benzene rings is 1. The Morgan fingerprint density at radius 2 is 2.07 bits per heavy atom. The summed E-state index contributed by atoms with van der Waals surface area (Å²) in [4.78, 5) is 10.7. The number of methoxy groups -OCH3 is 1. The summed E-state index contributed by atoms with van der Waals surface area (Å²) in [7, 11) is 1.57. The summed E-state index contributed by atoms with van der Waals surface area (Å²) in [5, 5.41) is 0. The van der Waals surface area contributed by atoms with Crippen LogP contribution < -0.4 is 9.47 Å². The van der Waals surface area contributed by atoms with Crippen LogP contribution in [0.1, 0.15) is 24.2 Å². The van der Waals surface area contributed by atoms with Crippen LogP contribution in [-0.4, -0.2) is 19.5 Å². The van der Waals surface area contributed by atoms with E-state index in [1.807, 2.05) is 13.8 Å². The Kier molecular flexibility index (Phi) is 4.38. The van der Waals surface area contributed by atoms with Crippen molar-refractivity contribution in [3.63, 3.8) is 0 Å². The van der Waals surface area contributed by atoms with Gasteiger partial charge in [0, 0.05) is 5.56 Å². The molecule has 0 saturated carbocycles. The van der Waals surface area contributed by atoms with E-state index in [1.54, 1.807) is 19.2 Å². The molecule has 0 N–H and O–H groups in total. The fourth-order valence-electron chi connectivity index (χ4n) is 1.18. The van der Waals surface area contributed by atoms with Gasteiger partial charge in [0.15, 0.2) is 17.8 Å². The van der Waals surface area contributed by atoms with Crippen LogP contribution >= 0.6 is 22.6 Å². The largest absolute Gasteiger partial charge is 0.492 e.